The van der Waals surface area contributed by atoms with Crippen molar-refractivity contribution < 1.29 is 9.53 Å². The Hall–Kier alpha value is -0.790. The van der Waals surface area contributed by atoms with E-state index in [0.717, 1.165) is 6.42 Å². The molecule has 136 valence electrons. The Bertz CT molecular complexity index is 271. The molecule has 2 nitrogen and oxygen atoms in total. The van der Waals surface area contributed by atoms with E-state index >= 15 is 0 Å². The fraction of sp³-hybridized carbons (Fsp3) is 0.857. The van der Waals surface area contributed by atoms with Gasteiger partial charge in [-0.2, -0.15) is 0 Å². The minimum atomic E-state index is -0.210. The Balaban J connectivity index is 3.04. The number of unbranched alkanes of at least 4 members (excludes halogenated alkanes) is 14. The minimum Gasteiger partial charge on any atom is -0.463 e. The zero-order chi connectivity index (χ0) is 17.0. The summed E-state index contributed by atoms with van der Waals surface area (Å²) in [5, 5.41) is 0. The molecule has 0 aliphatic rings. The topological polar surface area (TPSA) is 26.3 Å². The minimum absolute atomic E-state index is 0.210. The molecule has 0 aromatic rings. The molecule has 0 fully saturated rings. The predicted octanol–water partition coefficient (Wildman–Crippen LogP) is 6.98. The van der Waals surface area contributed by atoms with Crippen molar-refractivity contribution in [3.8, 4) is 0 Å². The number of carbonyl (C=O) groups is 1. The number of ether oxygens (including phenoxy) is 1. The van der Waals surface area contributed by atoms with Crippen LogP contribution in [0, 0.1) is 0 Å². The Morgan fingerprint density at radius 1 is 0.696 bits per heavy atom. The highest BCUT2D eigenvalue weighted by Gasteiger charge is 1.96. The first-order valence-corrected chi connectivity index (χ1v) is 10.1. The van der Waals surface area contributed by atoms with Crippen molar-refractivity contribution in [2.24, 2.45) is 0 Å². The average molecular weight is 325 g/mol. The lowest BCUT2D eigenvalue weighted by molar-refractivity contribution is -0.137. The maximum Gasteiger partial charge on any atom is 0.330 e. The summed E-state index contributed by atoms with van der Waals surface area (Å²) in [6.45, 7) is 4.68. The highest BCUT2D eigenvalue weighted by Crippen LogP contribution is 2.13. The Morgan fingerprint density at radius 2 is 1.09 bits per heavy atom. The molecule has 0 N–H and O–H groups in total. The molecule has 0 radical (unpaired) electrons. The van der Waals surface area contributed by atoms with Crippen LogP contribution in [0.1, 0.15) is 110 Å². The number of hydrogen-bond donors (Lipinski definition) is 0. The summed E-state index contributed by atoms with van der Waals surface area (Å²) in [6, 6.07) is 0. The number of hydrogen-bond acceptors (Lipinski definition) is 2. The van der Waals surface area contributed by atoms with Crippen molar-refractivity contribution in [1.29, 1.82) is 0 Å². The van der Waals surface area contributed by atoms with Gasteiger partial charge in [-0.1, -0.05) is 103 Å². The molecule has 0 aromatic heterocycles. The summed E-state index contributed by atoms with van der Waals surface area (Å²) < 4.78 is 5.07. The summed E-state index contributed by atoms with van der Waals surface area (Å²) >= 11 is 0. The fourth-order valence-electron chi connectivity index (χ4n) is 2.83. The van der Waals surface area contributed by atoms with Gasteiger partial charge >= 0.3 is 5.97 Å². The van der Waals surface area contributed by atoms with Crippen LogP contribution < -0.4 is 0 Å². The molecular formula is C21H40O2. The van der Waals surface area contributed by atoms with E-state index < -0.39 is 0 Å². The van der Waals surface area contributed by atoms with Gasteiger partial charge in [0.2, 0.25) is 0 Å². The molecule has 0 rings (SSSR count). The lowest BCUT2D eigenvalue weighted by Crippen LogP contribution is -2.01. The van der Waals surface area contributed by atoms with E-state index in [0.29, 0.717) is 6.61 Å². The molecule has 0 aliphatic carbocycles. The van der Waals surface area contributed by atoms with Crippen LogP contribution in [-0.4, -0.2) is 12.6 Å². The van der Waals surface area contributed by atoms with E-state index in [9.17, 15) is 4.79 Å². The first-order chi connectivity index (χ1) is 11.3. The van der Waals surface area contributed by atoms with Crippen molar-refractivity contribution in [3.63, 3.8) is 0 Å². The Kier molecular flexibility index (Phi) is 18.6. The maximum absolute atomic E-state index is 11.1. The molecule has 0 unspecified atom stereocenters. The van der Waals surface area contributed by atoms with Crippen molar-refractivity contribution >= 4 is 5.97 Å². The second-order valence-corrected chi connectivity index (χ2v) is 6.62. The van der Waals surface area contributed by atoms with Crippen LogP contribution >= 0.6 is 0 Å². The third-order valence-electron chi connectivity index (χ3n) is 4.29. The third-order valence-corrected chi connectivity index (χ3v) is 4.29. The molecule has 0 aromatic carbocycles. The summed E-state index contributed by atoms with van der Waals surface area (Å²) in [4.78, 5) is 11.1. The van der Waals surface area contributed by atoms with Crippen molar-refractivity contribution in [1.82, 2.24) is 0 Å². The average Bonchev–Trinajstić information content (AvgIpc) is 2.54. The van der Waals surface area contributed by atoms with E-state index in [4.69, 9.17) is 4.74 Å². The first kappa shape index (κ1) is 22.2. The summed E-state index contributed by atoms with van der Waals surface area (Å²) in [7, 11) is 0. The first-order valence-electron chi connectivity index (χ1n) is 10.1. The quantitative estimate of drug-likeness (QED) is 0.164. The van der Waals surface area contributed by atoms with E-state index in [1.807, 2.05) is 6.92 Å². The van der Waals surface area contributed by atoms with Crippen LogP contribution in [-0.2, 0) is 9.53 Å². The van der Waals surface area contributed by atoms with E-state index in [1.54, 1.807) is 6.08 Å². The van der Waals surface area contributed by atoms with Gasteiger partial charge in [0.05, 0.1) is 6.61 Å². The second kappa shape index (κ2) is 19.3. The maximum atomic E-state index is 11.1. The second-order valence-electron chi connectivity index (χ2n) is 6.62. The van der Waals surface area contributed by atoms with Gasteiger partial charge in [-0.25, -0.2) is 4.79 Å². The molecule has 0 bridgehead atoms. The van der Waals surface area contributed by atoms with Crippen LogP contribution in [0.3, 0.4) is 0 Å². The van der Waals surface area contributed by atoms with Crippen LogP contribution in [0.15, 0.2) is 12.2 Å². The van der Waals surface area contributed by atoms with Gasteiger partial charge in [-0.15, -0.1) is 0 Å². The molecule has 0 saturated heterocycles. The van der Waals surface area contributed by atoms with E-state index in [-0.39, 0.29) is 5.97 Å². The predicted molar refractivity (Wildman–Crippen MR) is 101 cm³/mol. The third kappa shape index (κ3) is 19.2. The summed E-state index contributed by atoms with van der Waals surface area (Å²) in [5.41, 5.74) is 0. The van der Waals surface area contributed by atoms with Gasteiger partial charge in [0.15, 0.2) is 0 Å². The number of allylic oxidation sites excluding steroid dienone is 1. The van der Waals surface area contributed by atoms with Gasteiger partial charge in [-0.3, -0.25) is 0 Å². The highest BCUT2D eigenvalue weighted by molar-refractivity contribution is 5.81. The number of rotatable bonds is 17. The van der Waals surface area contributed by atoms with Crippen molar-refractivity contribution in [3.05, 3.63) is 12.2 Å². The van der Waals surface area contributed by atoms with Gasteiger partial charge in [0.1, 0.15) is 0 Å². The van der Waals surface area contributed by atoms with Crippen molar-refractivity contribution in [2.75, 3.05) is 6.61 Å². The Labute approximate surface area is 145 Å². The molecule has 2 heteroatoms. The van der Waals surface area contributed by atoms with Crippen LogP contribution in [0.4, 0.5) is 0 Å². The molecule has 0 atom stereocenters. The van der Waals surface area contributed by atoms with Gasteiger partial charge in [-0.05, 0) is 13.3 Å². The largest absolute Gasteiger partial charge is 0.463 e. The lowest BCUT2D eigenvalue weighted by Gasteiger charge is -2.04. The number of carbonyl (C=O) groups excluding carboxylic acids is 1. The molecule has 23 heavy (non-hydrogen) atoms. The summed E-state index contributed by atoms with van der Waals surface area (Å²) in [6.07, 6.45) is 23.5. The summed E-state index contributed by atoms with van der Waals surface area (Å²) in [5.74, 6) is -0.210. The van der Waals surface area contributed by atoms with Gasteiger partial charge in [0, 0.05) is 6.08 Å². The van der Waals surface area contributed by atoms with Crippen LogP contribution in [0.25, 0.3) is 0 Å². The smallest absolute Gasteiger partial charge is 0.330 e. The molecule has 0 heterocycles. The van der Waals surface area contributed by atoms with Crippen LogP contribution in [0.2, 0.25) is 0 Å². The van der Waals surface area contributed by atoms with Crippen LogP contribution in [0.5, 0.6) is 0 Å². The van der Waals surface area contributed by atoms with Gasteiger partial charge < -0.3 is 4.74 Å². The molecule has 0 aliphatic heterocycles. The molecular weight excluding hydrogens is 284 g/mol. The van der Waals surface area contributed by atoms with E-state index in [1.165, 1.54) is 96.0 Å². The fourth-order valence-corrected chi connectivity index (χ4v) is 2.83. The van der Waals surface area contributed by atoms with Gasteiger partial charge in [0.25, 0.3) is 0 Å². The molecule has 0 amide bonds. The van der Waals surface area contributed by atoms with E-state index in [2.05, 4.69) is 6.92 Å². The Morgan fingerprint density at radius 3 is 1.48 bits per heavy atom. The zero-order valence-electron chi connectivity index (χ0n) is 15.8. The monoisotopic (exact) mass is 324 g/mol. The zero-order valence-corrected chi connectivity index (χ0v) is 15.8. The molecule has 0 saturated carbocycles. The SMILES string of the molecule is CC=CC(=O)OCCCCCCCCCCCCCCCCC. The lowest BCUT2D eigenvalue weighted by atomic mass is 10.0. The molecule has 0 spiro atoms. The standard InChI is InChI=1S/C21H40O2/c1-3-5-6-7-8-9-10-11-12-13-14-15-16-17-18-20-23-21(22)19-4-2/h4,19H,3,5-18,20H2,1-2H3. The van der Waals surface area contributed by atoms with Crippen molar-refractivity contribution in [2.45, 2.75) is 110 Å². The normalized spacial score (nSPS) is 11.2. The highest BCUT2D eigenvalue weighted by atomic mass is 16.5. The number of esters is 1.